The molecule has 0 saturated heterocycles. The van der Waals surface area contributed by atoms with Gasteiger partial charge in [-0.05, 0) is 51.8 Å². The Bertz CT molecular complexity index is 1130. The van der Waals surface area contributed by atoms with Crippen molar-refractivity contribution in [3.63, 3.8) is 0 Å². The molecule has 1 N–H and O–H groups in total. The predicted molar refractivity (Wildman–Crippen MR) is 109 cm³/mol. The molecule has 1 heterocycles. The Hall–Kier alpha value is -2.64. The number of fused-ring (bicyclic) bond motifs is 1. The van der Waals surface area contributed by atoms with Crippen LogP contribution in [0.5, 0.6) is 5.75 Å². The molecular formula is C20H15BrN2O3S. The van der Waals surface area contributed by atoms with Crippen LogP contribution in [-0.4, -0.2) is 14.3 Å². The number of halogens is 1. The first kappa shape index (κ1) is 17.8. The molecule has 0 atom stereocenters. The molecule has 0 saturated carbocycles. The van der Waals surface area contributed by atoms with E-state index < -0.39 is 10.0 Å². The molecule has 0 amide bonds. The molecule has 0 aromatic heterocycles. The van der Waals surface area contributed by atoms with Crippen LogP contribution >= 0.6 is 15.9 Å². The fraction of sp³-hybridized carbons (Fsp3) is 0.0500. The lowest BCUT2D eigenvalue weighted by atomic mass is 10.2. The molecule has 5 nitrogen and oxygen atoms in total. The van der Waals surface area contributed by atoms with E-state index in [0.29, 0.717) is 23.6 Å². The van der Waals surface area contributed by atoms with Gasteiger partial charge in [0.25, 0.3) is 10.0 Å². The van der Waals surface area contributed by atoms with E-state index in [9.17, 15) is 8.42 Å². The zero-order valence-corrected chi connectivity index (χ0v) is 16.5. The summed E-state index contributed by atoms with van der Waals surface area (Å²) in [4.78, 5) is 0.177. The van der Waals surface area contributed by atoms with E-state index in [2.05, 4.69) is 25.6 Å². The molecule has 0 bridgehead atoms. The monoisotopic (exact) mass is 442 g/mol. The average Bonchev–Trinajstić information content (AvgIpc) is 2.67. The maximum Gasteiger partial charge on any atom is 0.286 e. The molecule has 0 radical (unpaired) electrons. The molecule has 3 aromatic carbocycles. The maximum atomic E-state index is 12.4. The van der Waals surface area contributed by atoms with Crippen molar-refractivity contribution in [2.75, 3.05) is 5.32 Å². The van der Waals surface area contributed by atoms with Crippen LogP contribution in [0.25, 0.3) is 0 Å². The van der Waals surface area contributed by atoms with E-state index in [1.807, 2.05) is 30.3 Å². The van der Waals surface area contributed by atoms with Gasteiger partial charge in [0.05, 0.1) is 10.2 Å². The standard InChI is InChI=1S/C20H15BrN2O3S/c21-16-12-15(10-11-18(16)26-13-14-6-2-1-3-7-14)20-22-17-8-4-5-9-19(17)27(24,25)23-20/h1-12H,13H2,(H,22,23). The number of hydrogen-bond acceptors (Lipinski definition) is 4. The van der Waals surface area contributed by atoms with Gasteiger partial charge in [-0.15, -0.1) is 4.40 Å². The van der Waals surface area contributed by atoms with E-state index in [1.165, 1.54) is 6.07 Å². The Balaban J connectivity index is 1.59. The largest absolute Gasteiger partial charge is 0.488 e. The van der Waals surface area contributed by atoms with E-state index in [0.717, 1.165) is 10.0 Å². The summed E-state index contributed by atoms with van der Waals surface area (Å²) in [5.41, 5.74) is 2.23. The van der Waals surface area contributed by atoms with Gasteiger partial charge in [-0.3, -0.25) is 0 Å². The van der Waals surface area contributed by atoms with Gasteiger partial charge in [0.1, 0.15) is 17.3 Å². The van der Waals surface area contributed by atoms with Crippen molar-refractivity contribution in [2.45, 2.75) is 11.5 Å². The van der Waals surface area contributed by atoms with Gasteiger partial charge in [-0.25, -0.2) is 0 Å². The van der Waals surface area contributed by atoms with Crippen LogP contribution < -0.4 is 10.1 Å². The van der Waals surface area contributed by atoms with Crippen molar-refractivity contribution >= 4 is 37.5 Å². The molecule has 7 heteroatoms. The number of nitrogens with zero attached hydrogens (tertiary/aromatic N) is 1. The first-order valence-corrected chi connectivity index (χ1v) is 10.4. The van der Waals surface area contributed by atoms with Crippen LogP contribution in [-0.2, 0) is 16.6 Å². The summed E-state index contributed by atoms with van der Waals surface area (Å²) in [6.45, 7) is 0.444. The van der Waals surface area contributed by atoms with Gasteiger partial charge in [-0.1, -0.05) is 42.5 Å². The van der Waals surface area contributed by atoms with Crippen LogP contribution in [0.3, 0.4) is 0 Å². The van der Waals surface area contributed by atoms with Crippen molar-refractivity contribution in [3.8, 4) is 5.75 Å². The highest BCUT2D eigenvalue weighted by molar-refractivity contribution is 9.10. The summed E-state index contributed by atoms with van der Waals surface area (Å²) >= 11 is 3.49. The maximum absolute atomic E-state index is 12.4. The Kier molecular flexibility index (Phi) is 4.72. The average molecular weight is 443 g/mol. The lowest BCUT2D eigenvalue weighted by Crippen LogP contribution is -2.22. The van der Waals surface area contributed by atoms with Crippen LogP contribution in [0, 0.1) is 0 Å². The molecule has 0 spiro atoms. The summed E-state index contributed by atoms with van der Waals surface area (Å²) in [6.07, 6.45) is 0. The third kappa shape index (κ3) is 3.74. The van der Waals surface area contributed by atoms with Crippen molar-refractivity contribution in [1.82, 2.24) is 0 Å². The second kappa shape index (κ2) is 7.17. The van der Waals surface area contributed by atoms with Crippen molar-refractivity contribution in [2.24, 2.45) is 4.40 Å². The normalized spacial score (nSPS) is 14.6. The van der Waals surface area contributed by atoms with E-state index in [1.54, 1.807) is 36.4 Å². The highest BCUT2D eigenvalue weighted by Gasteiger charge is 2.25. The van der Waals surface area contributed by atoms with Crippen molar-refractivity contribution in [3.05, 3.63) is 88.4 Å². The van der Waals surface area contributed by atoms with E-state index in [4.69, 9.17) is 4.74 Å². The van der Waals surface area contributed by atoms with Gasteiger partial charge in [0, 0.05) is 5.56 Å². The molecule has 3 aromatic rings. The molecule has 0 unspecified atom stereocenters. The summed E-state index contributed by atoms with van der Waals surface area (Å²) < 4.78 is 35.3. The molecular weight excluding hydrogens is 428 g/mol. The Morgan fingerprint density at radius 1 is 0.963 bits per heavy atom. The Labute approximate surface area is 165 Å². The smallest absolute Gasteiger partial charge is 0.286 e. The van der Waals surface area contributed by atoms with Crippen molar-refractivity contribution < 1.29 is 13.2 Å². The minimum Gasteiger partial charge on any atom is -0.488 e. The van der Waals surface area contributed by atoms with Crippen LogP contribution in [0.15, 0.2) is 86.6 Å². The van der Waals surface area contributed by atoms with Crippen molar-refractivity contribution in [1.29, 1.82) is 0 Å². The van der Waals surface area contributed by atoms with Gasteiger partial charge >= 0.3 is 0 Å². The van der Waals surface area contributed by atoms with Gasteiger partial charge in [0.2, 0.25) is 0 Å². The first-order valence-electron chi connectivity index (χ1n) is 8.21. The van der Waals surface area contributed by atoms with E-state index >= 15 is 0 Å². The minimum absolute atomic E-state index is 0.177. The second-order valence-electron chi connectivity index (χ2n) is 5.96. The van der Waals surface area contributed by atoms with Gasteiger partial charge in [0.15, 0.2) is 5.84 Å². The first-order chi connectivity index (χ1) is 13.0. The fourth-order valence-corrected chi connectivity index (χ4v) is 4.37. The van der Waals surface area contributed by atoms with Gasteiger partial charge < -0.3 is 10.1 Å². The molecule has 136 valence electrons. The zero-order chi connectivity index (χ0) is 18.9. The van der Waals surface area contributed by atoms with Crippen LogP contribution in [0.4, 0.5) is 5.69 Å². The van der Waals surface area contributed by atoms with Crippen LogP contribution in [0.2, 0.25) is 0 Å². The number of ether oxygens (including phenoxy) is 1. The number of benzene rings is 3. The third-order valence-electron chi connectivity index (χ3n) is 4.07. The molecule has 27 heavy (non-hydrogen) atoms. The quantitative estimate of drug-likeness (QED) is 0.641. The molecule has 1 aliphatic rings. The van der Waals surface area contributed by atoms with Crippen LogP contribution in [0.1, 0.15) is 11.1 Å². The Morgan fingerprint density at radius 3 is 2.48 bits per heavy atom. The number of hydrogen-bond donors (Lipinski definition) is 1. The highest BCUT2D eigenvalue weighted by atomic mass is 79.9. The zero-order valence-electron chi connectivity index (χ0n) is 14.1. The number of amidine groups is 1. The summed E-state index contributed by atoms with van der Waals surface area (Å²) in [7, 11) is -3.73. The topological polar surface area (TPSA) is 67.8 Å². The number of anilines is 1. The minimum atomic E-state index is -3.73. The molecule has 0 fully saturated rings. The number of sulfonamides is 1. The number of nitrogens with one attached hydrogen (secondary N) is 1. The lowest BCUT2D eigenvalue weighted by Gasteiger charge is -2.18. The molecule has 4 rings (SSSR count). The summed E-state index contributed by atoms with van der Waals surface area (Å²) in [5.74, 6) is 0.950. The van der Waals surface area contributed by atoms with E-state index in [-0.39, 0.29) is 10.7 Å². The second-order valence-corrected chi connectivity index (χ2v) is 8.38. The predicted octanol–water partition coefficient (Wildman–Crippen LogP) is 4.59. The SMILES string of the molecule is O=S1(=O)N=C(c2ccc(OCc3ccccc3)c(Br)c2)Nc2ccccc21. The summed E-state index contributed by atoms with van der Waals surface area (Å²) in [6, 6.07) is 21.9. The molecule has 1 aliphatic heterocycles. The highest BCUT2D eigenvalue weighted by Crippen LogP contribution is 2.31. The van der Waals surface area contributed by atoms with Gasteiger partial charge in [-0.2, -0.15) is 8.42 Å². The fourth-order valence-electron chi connectivity index (χ4n) is 2.74. The number of rotatable bonds is 4. The third-order valence-corrected chi connectivity index (χ3v) is 6.03. The number of para-hydroxylation sites is 1. The Morgan fingerprint density at radius 2 is 1.70 bits per heavy atom. The summed E-state index contributed by atoms with van der Waals surface area (Å²) in [5, 5.41) is 3.08. The molecule has 0 aliphatic carbocycles. The lowest BCUT2D eigenvalue weighted by molar-refractivity contribution is 0.304.